The lowest BCUT2D eigenvalue weighted by molar-refractivity contribution is -0.117. The maximum atomic E-state index is 12.5. The molecule has 0 aliphatic heterocycles. The van der Waals surface area contributed by atoms with Crippen molar-refractivity contribution in [2.75, 3.05) is 17.2 Å². The van der Waals surface area contributed by atoms with Gasteiger partial charge in [0.25, 0.3) is 11.5 Å². The number of aromatic nitrogens is 3. The molecule has 11 nitrogen and oxygen atoms in total. The molecule has 0 unspecified atom stereocenters. The number of benzene rings is 1. The highest BCUT2D eigenvalue weighted by molar-refractivity contribution is 6.04. The standard InChI is InChI=1S/C18H19N7O4/c1-10-7-15-23-17(28)13(9-25(15)24-10)16(27)21-11-3-2-4-12(8-11)22-18(29)20-6-5-14(19)26/h2-4,7-9H,5-6H2,1H3,(H2,19,26)(H,21,27)(H,23,28)(H2,20,22,29). The molecule has 6 N–H and O–H groups in total. The van der Waals surface area contributed by atoms with E-state index in [2.05, 4.69) is 26.0 Å². The molecule has 0 aliphatic rings. The number of fused-ring (bicyclic) bond motifs is 1. The smallest absolute Gasteiger partial charge is 0.319 e. The highest BCUT2D eigenvalue weighted by atomic mass is 16.2. The maximum Gasteiger partial charge on any atom is 0.319 e. The van der Waals surface area contributed by atoms with Crippen molar-refractivity contribution in [3.63, 3.8) is 0 Å². The van der Waals surface area contributed by atoms with Gasteiger partial charge in [-0.15, -0.1) is 0 Å². The zero-order chi connectivity index (χ0) is 21.0. The lowest BCUT2D eigenvalue weighted by Crippen LogP contribution is -2.31. The summed E-state index contributed by atoms with van der Waals surface area (Å²) in [5.41, 5.74) is 6.32. The predicted molar refractivity (Wildman–Crippen MR) is 106 cm³/mol. The number of hydrogen-bond donors (Lipinski definition) is 5. The van der Waals surface area contributed by atoms with Crippen LogP contribution >= 0.6 is 0 Å². The average Bonchev–Trinajstić information content (AvgIpc) is 2.99. The molecule has 3 rings (SSSR count). The van der Waals surface area contributed by atoms with Crippen LogP contribution in [-0.4, -0.2) is 39.0 Å². The number of anilines is 2. The van der Waals surface area contributed by atoms with E-state index in [0.29, 0.717) is 22.7 Å². The maximum absolute atomic E-state index is 12.5. The van der Waals surface area contributed by atoms with E-state index in [-0.39, 0.29) is 18.5 Å². The van der Waals surface area contributed by atoms with Crippen molar-refractivity contribution >= 4 is 34.9 Å². The first-order valence-electron chi connectivity index (χ1n) is 8.66. The Kier molecular flexibility index (Phi) is 5.58. The van der Waals surface area contributed by atoms with Crippen LogP contribution in [0.2, 0.25) is 0 Å². The zero-order valence-electron chi connectivity index (χ0n) is 15.5. The average molecular weight is 397 g/mol. The largest absolute Gasteiger partial charge is 0.370 e. The molecule has 0 saturated heterocycles. The predicted octanol–water partition coefficient (Wildman–Crippen LogP) is 0.580. The number of aromatic amines is 1. The fraction of sp³-hybridized carbons (Fsp3) is 0.167. The molecule has 2 aromatic heterocycles. The molecular weight excluding hydrogens is 378 g/mol. The van der Waals surface area contributed by atoms with Crippen molar-refractivity contribution in [2.45, 2.75) is 13.3 Å². The minimum Gasteiger partial charge on any atom is -0.370 e. The number of primary amides is 1. The quantitative estimate of drug-likeness (QED) is 0.410. The summed E-state index contributed by atoms with van der Waals surface area (Å²) in [7, 11) is 0. The van der Waals surface area contributed by atoms with E-state index >= 15 is 0 Å². The van der Waals surface area contributed by atoms with E-state index in [4.69, 9.17) is 5.73 Å². The molecule has 1 aromatic carbocycles. The van der Waals surface area contributed by atoms with Crippen molar-refractivity contribution in [3.8, 4) is 0 Å². The molecule has 0 saturated carbocycles. The molecule has 0 aliphatic carbocycles. The van der Waals surface area contributed by atoms with Gasteiger partial charge in [0, 0.05) is 36.6 Å². The van der Waals surface area contributed by atoms with Crippen LogP contribution < -0.4 is 27.2 Å². The number of nitrogens with two attached hydrogens (primary N) is 1. The van der Waals surface area contributed by atoms with Crippen LogP contribution in [0, 0.1) is 6.92 Å². The Hall–Kier alpha value is -4.15. The van der Waals surface area contributed by atoms with E-state index in [1.807, 2.05) is 0 Å². The molecule has 0 fully saturated rings. The summed E-state index contributed by atoms with van der Waals surface area (Å²) in [6.45, 7) is 1.88. The number of H-pyrrole nitrogens is 1. The van der Waals surface area contributed by atoms with Gasteiger partial charge in [0.1, 0.15) is 11.2 Å². The highest BCUT2D eigenvalue weighted by Gasteiger charge is 2.14. The van der Waals surface area contributed by atoms with E-state index in [9.17, 15) is 19.2 Å². The Morgan fingerprint density at radius 2 is 1.90 bits per heavy atom. The van der Waals surface area contributed by atoms with Crippen LogP contribution in [0.4, 0.5) is 16.2 Å². The Morgan fingerprint density at radius 3 is 2.62 bits per heavy atom. The summed E-state index contributed by atoms with van der Waals surface area (Å²) in [6.07, 6.45) is 1.38. The molecule has 150 valence electrons. The minimum atomic E-state index is -0.621. The number of nitrogens with zero attached hydrogens (tertiary/aromatic N) is 2. The molecule has 0 atom stereocenters. The Balaban J connectivity index is 1.69. The third-order valence-electron chi connectivity index (χ3n) is 3.88. The second kappa shape index (κ2) is 8.25. The van der Waals surface area contributed by atoms with Gasteiger partial charge in [0.2, 0.25) is 5.91 Å². The Labute approximate surface area is 164 Å². The highest BCUT2D eigenvalue weighted by Crippen LogP contribution is 2.15. The summed E-state index contributed by atoms with van der Waals surface area (Å²) in [5.74, 6) is -1.14. The molecule has 11 heteroatoms. The fourth-order valence-electron chi connectivity index (χ4n) is 2.58. The van der Waals surface area contributed by atoms with Gasteiger partial charge in [-0.3, -0.25) is 14.4 Å². The van der Waals surface area contributed by atoms with Crippen molar-refractivity contribution in [2.24, 2.45) is 5.73 Å². The van der Waals surface area contributed by atoms with Gasteiger partial charge in [-0.1, -0.05) is 6.07 Å². The third kappa shape index (κ3) is 4.97. The van der Waals surface area contributed by atoms with Gasteiger partial charge in [-0.25, -0.2) is 9.31 Å². The number of hydrogen-bond acceptors (Lipinski definition) is 5. The summed E-state index contributed by atoms with van der Waals surface area (Å²) in [5, 5.41) is 11.8. The fourth-order valence-corrected chi connectivity index (χ4v) is 2.58. The first kappa shape index (κ1) is 19.6. The molecule has 0 spiro atoms. The summed E-state index contributed by atoms with van der Waals surface area (Å²) in [6, 6.07) is 7.54. The van der Waals surface area contributed by atoms with Crippen molar-refractivity contribution in [1.29, 1.82) is 0 Å². The van der Waals surface area contributed by atoms with Gasteiger partial charge >= 0.3 is 6.03 Å². The van der Waals surface area contributed by atoms with Gasteiger partial charge in [-0.2, -0.15) is 5.10 Å². The van der Waals surface area contributed by atoms with Gasteiger partial charge in [0.15, 0.2) is 0 Å². The topological polar surface area (TPSA) is 163 Å². The molecule has 3 aromatic rings. The lowest BCUT2D eigenvalue weighted by atomic mass is 10.2. The second-order valence-corrected chi connectivity index (χ2v) is 6.24. The first-order chi connectivity index (χ1) is 13.8. The molecule has 0 bridgehead atoms. The van der Waals surface area contributed by atoms with Crippen molar-refractivity contribution < 1.29 is 14.4 Å². The normalized spacial score (nSPS) is 10.5. The van der Waals surface area contributed by atoms with Crippen LogP contribution in [0.15, 0.2) is 41.3 Å². The minimum absolute atomic E-state index is 0.0260. The van der Waals surface area contributed by atoms with E-state index < -0.39 is 23.4 Å². The van der Waals surface area contributed by atoms with Crippen LogP contribution in [-0.2, 0) is 4.79 Å². The lowest BCUT2D eigenvalue weighted by Gasteiger charge is -2.09. The Bertz CT molecular complexity index is 1150. The van der Waals surface area contributed by atoms with Crippen molar-refractivity contribution in [1.82, 2.24) is 19.9 Å². The molecule has 4 amide bonds. The molecule has 0 radical (unpaired) electrons. The number of carbonyl (C=O) groups excluding carboxylic acids is 3. The molecular formula is C18H19N7O4. The monoisotopic (exact) mass is 397 g/mol. The van der Waals surface area contributed by atoms with Crippen molar-refractivity contribution in [3.05, 3.63) is 58.1 Å². The molecule has 29 heavy (non-hydrogen) atoms. The van der Waals surface area contributed by atoms with Gasteiger partial charge in [0.05, 0.1) is 5.69 Å². The van der Waals surface area contributed by atoms with Crippen LogP contribution in [0.5, 0.6) is 0 Å². The van der Waals surface area contributed by atoms with E-state index in [1.165, 1.54) is 16.8 Å². The number of aryl methyl sites for hydroxylation is 1. The van der Waals surface area contributed by atoms with Gasteiger partial charge < -0.3 is 26.7 Å². The summed E-state index contributed by atoms with van der Waals surface area (Å²) >= 11 is 0. The number of urea groups is 1. The summed E-state index contributed by atoms with van der Waals surface area (Å²) in [4.78, 5) is 49.8. The second-order valence-electron chi connectivity index (χ2n) is 6.24. The van der Waals surface area contributed by atoms with Gasteiger partial charge in [-0.05, 0) is 25.1 Å². The third-order valence-corrected chi connectivity index (χ3v) is 3.88. The number of amides is 4. The first-order valence-corrected chi connectivity index (χ1v) is 8.66. The number of nitrogens with one attached hydrogen (secondary N) is 4. The van der Waals surface area contributed by atoms with Crippen LogP contribution in [0.1, 0.15) is 22.5 Å². The van der Waals surface area contributed by atoms with Crippen LogP contribution in [0.25, 0.3) is 5.65 Å². The SMILES string of the molecule is Cc1cc2[nH]c(=O)c(C(=O)Nc3cccc(NC(=O)NCCC(N)=O)c3)cn2n1. The number of rotatable bonds is 6. The Morgan fingerprint density at radius 1 is 1.17 bits per heavy atom. The van der Waals surface area contributed by atoms with E-state index in [1.54, 1.807) is 31.2 Å². The number of carbonyl (C=O) groups is 3. The summed E-state index contributed by atoms with van der Waals surface area (Å²) < 4.78 is 1.42. The van der Waals surface area contributed by atoms with Crippen LogP contribution in [0.3, 0.4) is 0 Å². The zero-order valence-corrected chi connectivity index (χ0v) is 15.5. The van der Waals surface area contributed by atoms with E-state index in [0.717, 1.165) is 0 Å². The molecule has 2 heterocycles.